The molecule has 1 saturated carbocycles. The number of carbonyl (C=O) groups is 1. The molecule has 1 amide bonds. The Balaban J connectivity index is 1.10. The van der Waals surface area contributed by atoms with E-state index >= 15 is 0 Å². The number of aryl methyl sites for hydroxylation is 1. The van der Waals surface area contributed by atoms with Crippen LogP contribution in [-0.2, 0) is 11.2 Å². The van der Waals surface area contributed by atoms with Gasteiger partial charge in [0.1, 0.15) is 0 Å². The molecule has 2 fully saturated rings. The van der Waals surface area contributed by atoms with Gasteiger partial charge in [0.15, 0.2) is 0 Å². The summed E-state index contributed by atoms with van der Waals surface area (Å²) in [6.45, 7) is 1.49. The minimum atomic E-state index is -0.346. The first kappa shape index (κ1) is 19.7. The fourth-order valence-corrected chi connectivity index (χ4v) is 6.25. The molecular weight excluding hydrogens is 400 g/mol. The fraction of sp³-hybridized carbons (Fsp3) is 0.423. The fourth-order valence-electron chi connectivity index (χ4n) is 6.25. The second kappa shape index (κ2) is 7.55. The molecule has 2 aliphatic heterocycles. The van der Waals surface area contributed by atoms with Crippen LogP contribution in [0.4, 0.5) is 0 Å². The van der Waals surface area contributed by atoms with Crippen LogP contribution in [0.2, 0.25) is 0 Å². The molecule has 1 aromatic carbocycles. The van der Waals surface area contributed by atoms with Gasteiger partial charge in [0.05, 0.1) is 30.4 Å². The van der Waals surface area contributed by atoms with Crippen LogP contribution in [0.5, 0.6) is 0 Å². The summed E-state index contributed by atoms with van der Waals surface area (Å²) in [6, 6.07) is 12.6. The Kier molecular flexibility index (Phi) is 4.65. The molecule has 32 heavy (non-hydrogen) atoms. The zero-order valence-corrected chi connectivity index (χ0v) is 18.1. The third kappa shape index (κ3) is 3.00. The van der Waals surface area contributed by atoms with Crippen molar-refractivity contribution in [3.63, 3.8) is 0 Å². The number of nitrogens with zero attached hydrogens (tertiary/aromatic N) is 4. The maximum absolute atomic E-state index is 12.7. The standard InChI is InChI=1S/C26H28N4O2/c31-23(8-7-18-4-3-11-27-15-18)29-12-9-26(10-13-29)14-21(25(26)32)24-20-6-2-1-5-19(20)22-16-28-17-30(22)24/h1-6,11,15-17,21,24-25,32H,7-10,12-14H2. The quantitative estimate of drug-likeness (QED) is 0.691. The van der Waals surface area contributed by atoms with Crippen molar-refractivity contribution in [2.45, 2.75) is 44.2 Å². The van der Waals surface area contributed by atoms with Gasteiger partial charge in [0.2, 0.25) is 5.91 Å². The van der Waals surface area contributed by atoms with Gasteiger partial charge < -0.3 is 14.6 Å². The number of hydrogen-bond acceptors (Lipinski definition) is 4. The van der Waals surface area contributed by atoms with Gasteiger partial charge in [0.25, 0.3) is 0 Å². The summed E-state index contributed by atoms with van der Waals surface area (Å²) in [5, 5.41) is 11.4. The van der Waals surface area contributed by atoms with Crippen molar-refractivity contribution in [1.82, 2.24) is 19.4 Å². The average Bonchev–Trinajstić information content (AvgIpc) is 3.43. The predicted molar refractivity (Wildman–Crippen MR) is 121 cm³/mol. The molecule has 6 nitrogen and oxygen atoms in total. The zero-order valence-electron chi connectivity index (χ0n) is 18.1. The van der Waals surface area contributed by atoms with Gasteiger partial charge in [-0.15, -0.1) is 0 Å². The van der Waals surface area contributed by atoms with Crippen molar-refractivity contribution in [1.29, 1.82) is 0 Å². The van der Waals surface area contributed by atoms with Crippen LogP contribution in [-0.4, -0.2) is 49.6 Å². The van der Waals surface area contributed by atoms with Crippen LogP contribution >= 0.6 is 0 Å². The number of rotatable bonds is 4. The average molecular weight is 429 g/mol. The van der Waals surface area contributed by atoms with Crippen molar-refractivity contribution in [2.75, 3.05) is 13.1 Å². The second-order valence-electron chi connectivity index (χ2n) is 9.64. The Morgan fingerprint density at radius 1 is 1.09 bits per heavy atom. The summed E-state index contributed by atoms with van der Waals surface area (Å²) >= 11 is 0. The van der Waals surface area contributed by atoms with Gasteiger partial charge in [-0.2, -0.15) is 0 Å². The molecule has 1 aliphatic carbocycles. The Hall–Kier alpha value is -2.99. The van der Waals surface area contributed by atoms with E-state index in [0.29, 0.717) is 6.42 Å². The molecule has 1 N–H and O–H groups in total. The van der Waals surface area contributed by atoms with Gasteiger partial charge in [-0.25, -0.2) is 4.98 Å². The van der Waals surface area contributed by atoms with E-state index in [1.54, 1.807) is 6.20 Å². The van der Waals surface area contributed by atoms with E-state index in [0.717, 1.165) is 50.0 Å². The van der Waals surface area contributed by atoms with Gasteiger partial charge >= 0.3 is 0 Å². The number of piperidine rings is 1. The minimum Gasteiger partial charge on any atom is -0.392 e. The third-order valence-corrected chi connectivity index (χ3v) is 8.06. The molecule has 3 unspecified atom stereocenters. The topological polar surface area (TPSA) is 71.2 Å². The van der Waals surface area contributed by atoms with Crippen molar-refractivity contribution in [2.24, 2.45) is 11.3 Å². The summed E-state index contributed by atoms with van der Waals surface area (Å²) in [7, 11) is 0. The normalized spacial score (nSPS) is 25.3. The van der Waals surface area contributed by atoms with Crippen LogP contribution in [0.1, 0.15) is 42.9 Å². The lowest BCUT2D eigenvalue weighted by Gasteiger charge is -2.58. The highest BCUT2D eigenvalue weighted by Crippen LogP contribution is 2.59. The largest absolute Gasteiger partial charge is 0.392 e. The SMILES string of the molecule is O=C(CCc1cccnc1)N1CCC2(CC1)CC(C1c3ccccc3-c3cncn31)C2O. The number of likely N-dealkylation sites (tertiary alicyclic amines) is 1. The van der Waals surface area contributed by atoms with Crippen molar-refractivity contribution < 1.29 is 9.90 Å². The number of aliphatic hydroxyl groups is 1. The molecule has 4 heterocycles. The molecule has 1 spiro atoms. The van der Waals surface area contributed by atoms with Crippen LogP contribution in [0.3, 0.4) is 0 Å². The first-order valence-corrected chi connectivity index (χ1v) is 11.6. The molecule has 1 saturated heterocycles. The molecule has 6 heteroatoms. The number of benzene rings is 1. The van der Waals surface area contributed by atoms with E-state index < -0.39 is 0 Å². The van der Waals surface area contributed by atoms with Gasteiger partial charge in [-0.3, -0.25) is 9.78 Å². The molecule has 0 bridgehead atoms. The second-order valence-corrected chi connectivity index (χ2v) is 9.64. The monoisotopic (exact) mass is 428 g/mol. The summed E-state index contributed by atoms with van der Waals surface area (Å²) < 4.78 is 2.24. The lowest BCUT2D eigenvalue weighted by molar-refractivity contribution is -0.164. The molecule has 2 aromatic heterocycles. The molecule has 164 valence electrons. The highest BCUT2D eigenvalue weighted by molar-refractivity contribution is 5.76. The highest BCUT2D eigenvalue weighted by Gasteiger charge is 2.58. The van der Waals surface area contributed by atoms with Crippen LogP contribution < -0.4 is 0 Å². The summed E-state index contributed by atoms with van der Waals surface area (Å²) in [5.74, 6) is 0.404. The Morgan fingerprint density at radius 2 is 1.94 bits per heavy atom. The van der Waals surface area contributed by atoms with Crippen molar-refractivity contribution in [3.8, 4) is 11.3 Å². The predicted octanol–water partition coefficient (Wildman–Crippen LogP) is 3.47. The van der Waals surface area contributed by atoms with Gasteiger partial charge in [-0.05, 0) is 42.9 Å². The number of aliphatic hydroxyl groups excluding tert-OH is 1. The first-order valence-electron chi connectivity index (χ1n) is 11.6. The number of imidazole rings is 1. The number of amides is 1. The highest BCUT2D eigenvalue weighted by atomic mass is 16.3. The smallest absolute Gasteiger partial charge is 0.222 e. The minimum absolute atomic E-state index is 0.0525. The molecule has 3 atom stereocenters. The van der Waals surface area contributed by atoms with Crippen molar-refractivity contribution >= 4 is 5.91 Å². The summed E-state index contributed by atoms with van der Waals surface area (Å²) in [4.78, 5) is 23.2. The number of carbonyl (C=O) groups excluding carboxylic acids is 1. The van der Waals surface area contributed by atoms with Crippen LogP contribution in [0.25, 0.3) is 11.3 Å². The van der Waals surface area contributed by atoms with Gasteiger partial charge in [0, 0.05) is 48.8 Å². The first-order chi connectivity index (χ1) is 15.7. The van der Waals surface area contributed by atoms with E-state index in [2.05, 4.69) is 38.8 Å². The Labute approximate surface area is 187 Å². The number of pyridine rings is 1. The Morgan fingerprint density at radius 3 is 2.72 bits per heavy atom. The third-order valence-electron chi connectivity index (χ3n) is 8.06. The number of aromatic nitrogens is 3. The van der Waals surface area contributed by atoms with Gasteiger partial charge in [-0.1, -0.05) is 30.3 Å². The summed E-state index contributed by atoms with van der Waals surface area (Å²) in [5.41, 5.74) is 4.72. The van der Waals surface area contributed by atoms with E-state index in [1.807, 2.05) is 35.8 Å². The maximum Gasteiger partial charge on any atom is 0.222 e. The van der Waals surface area contributed by atoms with E-state index in [-0.39, 0.29) is 29.4 Å². The zero-order chi connectivity index (χ0) is 21.7. The van der Waals surface area contributed by atoms with E-state index in [4.69, 9.17) is 0 Å². The maximum atomic E-state index is 12.7. The van der Waals surface area contributed by atoms with Crippen molar-refractivity contribution in [3.05, 3.63) is 72.4 Å². The lowest BCUT2D eigenvalue weighted by atomic mass is 9.53. The molecule has 6 rings (SSSR count). The molecule has 3 aromatic rings. The van der Waals surface area contributed by atoms with Crippen LogP contribution in [0, 0.1) is 11.3 Å². The number of fused-ring (bicyclic) bond motifs is 3. The lowest BCUT2D eigenvalue weighted by Crippen LogP contribution is -2.59. The van der Waals surface area contributed by atoms with Crippen LogP contribution in [0.15, 0.2) is 61.3 Å². The number of hydrogen-bond donors (Lipinski definition) is 1. The van der Waals surface area contributed by atoms with E-state index in [1.165, 1.54) is 11.1 Å². The Bertz CT molecular complexity index is 1130. The molecule has 0 radical (unpaired) electrons. The van der Waals surface area contributed by atoms with E-state index in [9.17, 15) is 9.90 Å². The molecule has 3 aliphatic rings. The summed E-state index contributed by atoms with van der Waals surface area (Å²) in [6.07, 6.45) is 11.1. The molecular formula is C26H28N4O2.